The third kappa shape index (κ3) is 5.69. The summed E-state index contributed by atoms with van der Waals surface area (Å²) < 4.78 is 0. The van der Waals surface area contributed by atoms with E-state index in [4.69, 9.17) is 0 Å². The van der Waals surface area contributed by atoms with Crippen LogP contribution in [0.1, 0.15) is 61.3 Å². The van der Waals surface area contributed by atoms with Crippen molar-refractivity contribution in [1.82, 2.24) is 5.32 Å². The SMILES string of the molecule is CC1=CCNCC1.CCC(C)(C)C(C)(C)C. The first kappa shape index (κ1) is 15.7. The maximum absolute atomic E-state index is 3.24. The highest BCUT2D eigenvalue weighted by atomic mass is 14.8. The quantitative estimate of drug-likeness (QED) is 0.652. The summed E-state index contributed by atoms with van der Waals surface area (Å²) in [4.78, 5) is 0. The van der Waals surface area contributed by atoms with Crippen molar-refractivity contribution < 1.29 is 0 Å². The van der Waals surface area contributed by atoms with Crippen molar-refractivity contribution in [3.8, 4) is 0 Å². The van der Waals surface area contributed by atoms with E-state index in [0.29, 0.717) is 10.8 Å². The molecule has 0 saturated carbocycles. The van der Waals surface area contributed by atoms with Crippen LogP contribution in [0.5, 0.6) is 0 Å². The molecule has 0 aliphatic carbocycles. The first-order valence-electron chi connectivity index (χ1n) is 6.57. The first-order valence-corrected chi connectivity index (χ1v) is 6.57. The Morgan fingerprint density at radius 2 is 1.75 bits per heavy atom. The van der Waals surface area contributed by atoms with Crippen molar-refractivity contribution in [2.75, 3.05) is 13.1 Å². The summed E-state index contributed by atoms with van der Waals surface area (Å²) in [5, 5.41) is 3.24. The molecule has 1 nitrogen and oxygen atoms in total. The fourth-order valence-corrected chi connectivity index (χ4v) is 1.27. The number of nitrogens with one attached hydrogen (secondary N) is 1. The standard InChI is InChI=1S/C9H20.C6H11N/c1-7-9(5,6)8(2,3)4;1-6-2-4-7-5-3-6/h7H2,1-6H3;2,7H,3-5H2,1H3. The summed E-state index contributed by atoms with van der Waals surface area (Å²) in [5.41, 5.74) is 2.45. The van der Waals surface area contributed by atoms with Crippen LogP contribution < -0.4 is 5.32 Å². The van der Waals surface area contributed by atoms with Crippen LogP contribution in [0.3, 0.4) is 0 Å². The molecule has 0 aromatic carbocycles. The minimum atomic E-state index is 0.446. The monoisotopic (exact) mass is 225 g/mol. The van der Waals surface area contributed by atoms with Crippen LogP contribution in [0.15, 0.2) is 11.6 Å². The zero-order chi connectivity index (χ0) is 12.8. The van der Waals surface area contributed by atoms with Gasteiger partial charge in [-0.15, -0.1) is 0 Å². The van der Waals surface area contributed by atoms with Gasteiger partial charge in [0.2, 0.25) is 0 Å². The molecule has 0 aromatic rings. The molecular weight excluding hydrogens is 194 g/mol. The number of hydrogen-bond acceptors (Lipinski definition) is 1. The van der Waals surface area contributed by atoms with E-state index in [1.54, 1.807) is 0 Å². The van der Waals surface area contributed by atoms with Crippen LogP contribution in [0.2, 0.25) is 0 Å². The fourth-order valence-electron chi connectivity index (χ4n) is 1.27. The second-order valence-electron chi connectivity index (χ2n) is 6.49. The van der Waals surface area contributed by atoms with Gasteiger partial charge in [-0.25, -0.2) is 0 Å². The van der Waals surface area contributed by atoms with Crippen LogP contribution >= 0.6 is 0 Å². The van der Waals surface area contributed by atoms with Gasteiger partial charge < -0.3 is 5.32 Å². The molecule has 16 heavy (non-hydrogen) atoms. The Balaban J connectivity index is 0.000000288. The van der Waals surface area contributed by atoms with E-state index in [0.717, 1.165) is 6.54 Å². The molecule has 96 valence electrons. The molecule has 0 spiro atoms. The maximum atomic E-state index is 3.24. The topological polar surface area (TPSA) is 12.0 Å². The highest BCUT2D eigenvalue weighted by molar-refractivity contribution is 5.02. The highest BCUT2D eigenvalue weighted by Gasteiger charge is 2.30. The summed E-state index contributed by atoms with van der Waals surface area (Å²) in [6.07, 6.45) is 4.74. The zero-order valence-electron chi connectivity index (χ0n) is 12.4. The molecule has 0 fully saturated rings. The van der Waals surface area contributed by atoms with Gasteiger partial charge in [0, 0.05) is 6.54 Å². The lowest BCUT2D eigenvalue weighted by Crippen LogP contribution is -2.28. The molecule has 1 heteroatoms. The summed E-state index contributed by atoms with van der Waals surface area (Å²) in [5.74, 6) is 0. The van der Waals surface area contributed by atoms with Crippen molar-refractivity contribution in [2.45, 2.75) is 61.3 Å². The second kappa shape index (κ2) is 6.44. The van der Waals surface area contributed by atoms with Gasteiger partial charge in [-0.3, -0.25) is 0 Å². The van der Waals surface area contributed by atoms with Crippen molar-refractivity contribution in [2.24, 2.45) is 10.8 Å². The second-order valence-corrected chi connectivity index (χ2v) is 6.49. The van der Waals surface area contributed by atoms with Crippen molar-refractivity contribution in [3.63, 3.8) is 0 Å². The molecule has 0 atom stereocenters. The van der Waals surface area contributed by atoms with Gasteiger partial charge in [-0.1, -0.05) is 59.6 Å². The van der Waals surface area contributed by atoms with Gasteiger partial charge in [-0.05, 0) is 30.7 Å². The van der Waals surface area contributed by atoms with Crippen LogP contribution in [0.4, 0.5) is 0 Å². The van der Waals surface area contributed by atoms with Gasteiger partial charge in [0.05, 0.1) is 0 Å². The fraction of sp³-hybridized carbons (Fsp3) is 0.867. The Morgan fingerprint density at radius 1 is 1.19 bits per heavy atom. The molecule has 1 aliphatic heterocycles. The largest absolute Gasteiger partial charge is 0.313 e. The summed E-state index contributed by atoms with van der Waals surface area (Å²) in [6, 6.07) is 0. The van der Waals surface area contributed by atoms with Gasteiger partial charge >= 0.3 is 0 Å². The van der Waals surface area contributed by atoms with Crippen molar-refractivity contribution >= 4 is 0 Å². The maximum Gasteiger partial charge on any atom is 0.0137 e. The zero-order valence-corrected chi connectivity index (χ0v) is 12.4. The van der Waals surface area contributed by atoms with Crippen LogP contribution in [-0.4, -0.2) is 13.1 Å². The number of rotatable bonds is 1. The molecule has 1 heterocycles. The Labute approximate surface area is 103 Å². The minimum absolute atomic E-state index is 0.446. The summed E-state index contributed by atoms with van der Waals surface area (Å²) >= 11 is 0. The Morgan fingerprint density at radius 3 is 1.88 bits per heavy atom. The van der Waals surface area contributed by atoms with E-state index < -0.39 is 0 Å². The van der Waals surface area contributed by atoms with Gasteiger partial charge in [0.1, 0.15) is 0 Å². The smallest absolute Gasteiger partial charge is 0.0137 e. The molecular formula is C15H31N. The average Bonchev–Trinajstić information content (AvgIpc) is 2.18. The van der Waals surface area contributed by atoms with E-state index in [2.05, 4.69) is 59.9 Å². The molecule has 0 bridgehead atoms. The van der Waals surface area contributed by atoms with E-state index in [1.165, 1.54) is 25.0 Å². The van der Waals surface area contributed by atoms with E-state index in [-0.39, 0.29) is 0 Å². The molecule has 0 amide bonds. The molecule has 0 unspecified atom stereocenters. The van der Waals surface area contributed by atoms with E-state index in [9.17, 15) is 0 Å². The van der Waals surface area contributed by atoms with Crippen molar-refractivity contribution in [3.05, 3.63) is 11.6 Å². The van der Waals surface area contributed by atoms with Crippen molar-refractivity contribution in [1.29, 1.82) is 0 Å². The van der Waals surface area contributed by atoms with Gasteiger partial charge in [-0.2, -0.15) is 0 Å². The lowest BCUT2D eigenvalue weighted by Gasteiger charge is -2.37. The summed E-state index contributed by atoms with van der Waals surface area (Å²) in [6.45, 7) is 18.2. The van der Waals surface area contributed by atoms with Gasteiger partial charge in [0.15, 0.2) is 0 Å². The van der Waals surface area contributed by atoms with Crippen LogP contribution in [0, 0.1) is 10.8 Å². The molecule has 0 radical (unpaired) electrons. The average molecular weight is 225 g/mol. The summed E-state index contributed by atoms with van der Waals surface area (Å²) in [7, 11) is 0. The first-order chi connectivity index (χ1) is 7.20. The van der Waals surface area contributed by atoms with Crippen LogP contribution in [0.25, 0.3) is 0 Å². The molecule has 1 aliphatic rings. The Kier molecular flexibility index (Phi) is 6.32. The predicted octanol–water partition coefficient (Wildman–Crippen LogP) is 4.39. The van der Waals surface area contributed by atoms with E-state index in [1.807, 2.05) is 0 Å². The minimum Gasteiger partial charge on any atom is -0.313 e. The predicted molar refractivity (Wildman–Crippen MR) is 74.8 cm³/mol. The lowest BCUT2D eigenvalue weighted by atomic mass is 9.68. The highest BCUT2D eigenvalue weighted by Crippen LogP contribution is 2.40. The lowest BCUT2D eigenvalue weighted by molar-refractivity contribution is 0.126. The third-order valence-electron chi connectivity index (χ3n) is 4.21. The third-order valence-corrected chi connectivity index (χ3v) is 4.21. The van der Waals surface area contributed by atoms with Gasteiger partial charge in [0.25, 0.3) is 0 Å². The molecule has 0 saturated heterocycles. The molecule has 1 N–H and O–H groups in total. The normalized spacial score (nSPS) is 17.3. The Hall–Kier alpha value is -0.300. The molecule has 1 rings (SSSR count). The molecule has 0 aromatic heterocycles. The van der Waals surface area contributed by atoms with E-state index >= 15 is 0 Å². The number of hydrogen-bond donors (Lipinski definition) is 1. The Bertz CT molecular complexity index is 218. The van der Waals surface area contributed by atoms with Crippen LogP contribution in [-0.2, 0) is 0 Å².